The third kappa shape index (κ3) is 5.05. The summed E-state index contributed by atoms with van der Waals surface area (Å²) >= 11 is 0. The van der Waals surface area contributed by atoms with E-state index in [4.69, 9.17) is 9.47 Å². The highest BCUT2D eigenvalue weighted by atomic mass is 16.7. The van der Waals surface area contributed by atoms with Gasteiger partial charge in [-0.25, -0.2) is 0 Å². The van der Waals surface area contributed by atoms with Crippen molar-refractivity contribution in [3.05, 3.63) is 48.0 Å². The Bertz CT molecular complexity index is 665. The highest BCUT2D eigenvalue weighted by Crippen LogP contribution is 2.16. The molecule has 1 saturated heterocycles. The van der Waals surface area contributed by atoms with E-state index in [9.17, 15) is 4.79 Å². The van der Waals surface area contributed by atoms with Crippen LogP contribution in [0.1, 0.15) is 31.2 Å². The van der Waals surface area contributed by atoms with Crippen LogP contribution in [0.5, 0.6) is 0 Å². The molecule has 0 aromatic heterocycles. The number of fused-ring (bicyclic) bond motifs is 1. The Morgan fingerprint density at radius 3 is 2.88 bits per heavy atom. The van der Waals surface area contributed by atoms with E-state index in [0.29, 0.717) is 19.6 Å². The fourth-order valence-electron chi connectivity index (χ4n) is 2.96. The van der Waals surface area contributed by atoms with Crippen LogP contribution in [0.2, 0.25) is 0 Å². The van der Waals surface area contributed by atoms with Gasteiger partial charge in [-0.15, -0.1) is 0 Å². The van der Waals surface area contributed by atoms with Crippen LogP contribution in [-0.2, 0) is 20.7 Å². The minimum atomic E-state index is -0.0896. The van der Waals surface area contributed by atoms with Gasteiger partial charge in [-0.3, -0.25) is 4.79 Å². The molecule has 0 spiro atoms. The minimum Gasteiger partial charge on any atom is -0.354 e. The molecule has 0 aliphatic carbocycles. The average Bonchev–Trinajstić information content (AvgIpc) is 2.64. The summed E-state index contributed by atoms with van der Waals surface area (Å²) in [4.78, 5) is 11.9. The molecule has 2 aromatic rings. The molecule has 4 nitrogen and oxygen atoms in total. The minimum absolute atomic E-state index is 0.0660. The largest absolute Gasteiger partial charge is 0.354 e. The lowest BCUT2D eigenvalue weighted by atomic mass is 10.0. The zero-order valence-corrected chi connectivity index (χ0v) is 14.0. The number of benzene rings is 2. The zero-order valence-electron chi connectivity index (χ0n) is 14.0. The topological polar surface area (TPSA) is 47.6 Å². The lowest BCUT2D eigenvalue weighted by Crippen LogP contribution is -2.30. The monoisotopic (exact) mass is 327 g/mol. The Balaban J connectivity index is 1.35. The van der Waals surface area contributed by atoms with E-state index in [1.54, 1.807) is 0 Å². The van der Waals surface area contributed by atoms with Gasteiger partial charge in [0.25, 0.3) is 0 Å². The molecular weight excluding hydrogens is 302 g/mol. The molecule has 1 aliphatic heterocycles. The molecular formula is C20H25NO3. The van der Waals surface area contributed by atoms with E-state index < -0.39 is 0 Å². The number of carbonyl (C=O) groups excluding carboxylic acids is 1. The van der Waals surface area contributed by atoms with E-state index >= 15 is 0 Å². The molecule has 1 heterocycles. The molecule has 1 fully saturated rings. The van der Waals surface area contributed by atoms with Crippen LogP contribution in [-0.4, -0.2) is 32.0 Å². The van der Waals surface area contributed by atoms with Crippen LogP contribution in [0.3, 0.4) is 0 Å². The molecule has 1 amide bonds. The summed E-state index contributed by atoms with van der Waals surface area (Å²) < 4.78 is 11.1. The summed E-state index contributed by atoms with van der Waals surface area (Å²) in [6.45, 7) is 1.82. The Hall–Kier alpha value is -1.91. The van der Waals surface area contributed by atoms with Gasteiger partial charge in [0, 0.05) is 19.6 Å². The van der Waals surface area contributed by atoms with E-state index in [0.717, 1.165) is 32.3 Å². The van der Waals surface area contributed by atoms with Crippen LogP contribution in [0.4, 0.5) is 0 Å². The van der Waals surface area contributed by atoms with Crippen molar-refractivity contribution in [3.8, 4) is 0 Å². The number of aryl methyl sites for hydroxylation is 1. The van der Waals surface area contributed by atoms with Gasteiger partial charge in [-0.2, -0.15) is 0 Å². The van der Waals surface area contributed by atoms with Gasteiger partial charge < -0.3 is 14.8 Å². The Morgan fingerprint density at radius 1 is 1.17 bits per heavy atom. The van der Waals surface area contributed by atoms with Gasteiger partial charge in [0.2, 0.25) is 5.91 Å². The van der Waals surface area contributed by atoms with Crippen molar-refractivity contribution in [2.45, 2.75) is 38.4 Å². The summed E-state index contributed by atoms with van der Waals surface area (Å²) in [5.74, 6) is 0.0660. The molecule has 1 atom stereocenters. The number of amides is 1. The van der Waals surface area contributed by atoms with E-state index in [1.165, 1.54) is 16.3 Å². The number of carbonyl (C=O) groups is 1. The van der Waals surface area contributed by atoms with Crippen molar-refractivity contribution in [2.24, 2.45) is 0 Å². The van der Waals surface area contributed by atoms with Gasteiger partial charge in [0.05, 0.1) is 6.61 Å². The van der Waals surface area contributed by atoms with Gasteiger partial charge in [0.15, 0.2) is 6.29 Å². The van der Waals surface area contributed by atoms with Crippen molar-refractivity contribution in [2.75, 3.05) is 19.8 Å². The maximum atomic E-state index is 11.9. The third-order valence-electron chi connectivity index (χ3n) is 4.32. The molecule has 1 N–H and O–H groups in total. The molecule has 0 bridgehead atoms. The first-order chi connectivity index (χ1) is 11.8. The smallest absolute Gasteiger partial charge is 0.220 e. The Labute approximate surface area is 143 Å². The summed E-state index contributed by atoms with van der Waals surface area (Å²) in [6, 6.07) is 14.6. The normalized spacial score (nSPS) is 17.8. The number of hydrogen-bond acceptors (Lipinski definition) is 3. The average molecular weight is 327 g/mol. The summed E-state index contributed by atoms with van der Waals surface area (Å²) in [7, 11) is 0. The predicted octanol–water partition coefficient (Wildman–Crippen LogP) is 3.43. The van der Waals surface area contributed by atoms with Crippen LogP contribution < -0.4 is 5.32 Å². The molecule has 24 heavy (non-hydrogen) atoms. The van der Waals surface area contributed by atoms with Crippen molar-refractivity contribution >= 4 is 16.7 Å². The molecule has 1 aliphatic rings. The number of ether oxygens (including phenoxy) is 2. The first-order valence-corrected chi connectivity index (χ1v) is 8.79. The third-order valence-corrected chi connectivity index (χ3v) is 4.32. The van der Waals surface area contributed by atoms with Crippen LogP contribution in [0.15, 0.2) is 42.5 Å². The lowest BCUT2D eigenvalue weighted by molar-refractivity contribution is -0.161. The van der Waals surface area contributed by atoms with Gasteiger partial charge in [-0.05, 0) is 42.0 Å². The Kier molecular flexibility index (Phi) is 6.21. The molecule has 0 saturated carbocycles. The van der Waals surface area contributed by atoms with Crippen LogP contribution in [0.25, 0.3) is 10.8 Å². The summed E-state index contributed by atoms with van der Waals surface area (Å²) in [5.41, 5.74) is 1.19. The predicted molar refractivity (Wildman–Crippen MR) is 94.8 cm³/mol. The first-order valence-electron chi connectivity index (χ1n) is 8.79. The summed E-state index contributed by atoms with van der Waals surface area (Å²) in [6.07, 6.45) is 4.39. The number of rotatable bonds is 7. The second kappa shape index (κ2) is 8.81. The second-order valence-corrected chi connectivity index (χ2v) is 6.20. The van der Waals surface area contributed by atoms with E-state index in [-0.39, 0.29) is 12.2 Å². The van der Waals surface area contributed by atoms with Crippen molar-refractivity contribution in [3.63, 3.8) is 0 Å². The fourth-order valence-corrected chi connectivity index (χ4v) is 2.96. The molecule has 3 rings (SSSR count). The van der Waals surface area contributed by atoms with Crippen LogP contribution >= 0.6 is 0 Å². The standard InChI is InChI=1S/C20H25NO3/c22-19(21-12-14-24-20-7-3-4-13-23-20)11-9-16-8-10-17-5-1-2-6-18(17)15-16/h1-2,5-6,8,10,15,20H,3-4,7,9,11-14H2,(H,21,22). The van der Waals surface area contributed by atoms with Gasteiger partial charge in [0.1, 0.15) is 0 Å². The van der Waals surface area contributed by atoms with Crippen molar-refractivity contribution in [1.82, 2.24) is 5.32 Å². The van der Waals surface area contributed by atoms with Crippen LogP contribution in [0, 0.1) is 0 Å². The van der Waals surface area contributed by atoms with E-state index in [2.05, 4.69) is 35.6 Å². The molecule has 128 valence electrons. The number of hydrogen-bond donors (Lipinski definition) is 1. The maximum absolute atomic E-state index is 11.9. The van der Waals surface area contributed by atoms with Gasteiger partial charge >= 0.3 is 0 Å². The van der Waals surface area contributed by atoms with Crippen molar-refractivity contribution < 1.29 is 14.3 Å². The highest BCUT2D eigenvalue weighted by molar-refractivity contribution is 5.83. The maximum Gasteiger partial charge on any atom is 0.220 e. The highest BCUT2D eigenvalue weighted by Gasteiger charge is 2.13. The molecule has 2 aromatic carbocycles. The quantitative estimate of drug-likeness (QED) is 0.793. The second-order valence-electron chi connectivity index (χ2n) is 6.20. The molecule has 1 unspecified atom stereocenters. The first kappa shape index (κ1) is 16.9. The SMILES string of the molecule is O=C(CCc1ccc2ccccc2c1)NCCOC1CCCCO1. The Morgan fingerprint density at radius 2 is 2.04 bits per heavy atom. The van der Waals surface area contributed by atoms with E-state index in [1.807, 2.05) is 12.1 Å². The lowest BCUT2D eigenvalue weighted by Gasteiger charge is -2.22. The van der Waals surface area contributed by atoms with Gasteiger partial charge in [-0.1, -0.05) is 42.5 Å². The number of nitrogens with one attached hydrogen (secondary N) is 1. The summed E-state index contributed by atoms with van der Waals surface area (Å²) in [5, 5.41) is 5.36. The fraction of sp³-hybridized carbons (Fsp3) is 0.450. The van der Waals surface area contributed by atoms with Crippen molar-refractivity contribution in [1.29, 1.82) is 0 Å². The molecule has 0 radical (unpaired) electrons. The molecule has 4 heteroatoms. The zero-order chi connectivity index (χ0) is 16.6.